The SMILES string of the molecule is O=C(O)c1cccnc1Nc1cccc(C(F)(F)F)c1.[NaH]. The van der Waals surface area contributed by atoms with E-state index in [1.165, 1.54) is 30.5 Å². The Hall–Kier alpha value is -1.57. The van der Waals surface area contributed by atoms with Crippen molar-refractivity contribution in [3.05, 3.63) is 53.7 Å². The van der Waals surface area contributed by atoms with Gasteiger partial charge < -0.3 is 10.4 Å². The van der Waals surface area contributed by atoms with Crippen LogP contribution in [0.1, 0.15) is 15.9 Å². The average Bonchev–Trinajstić information content (AvgIpc) is 2.38. The summed E-state index contributed by atoms with van der Waals surface area (Å²) in [5.41, 5.74) is -0.832. The number of pyridine rings is 1. The number of benzene rings is 1. The quantitative estimate of drug-likeness (QED) is 0.856. The van der Waals surface area contributed by atoms with Gasteiger partial charge in [0.15, 0.2) is 0 Å². The van der Waals surface area contributed by atoms with Crippen LogP contribution in [0.25, 0.3) is 0 Å². The van der Waals surface area contributed by atoms with Gasteiger partial charge in [-0.3, -0.25) is 0 Å². The molecule has 0 aliphatic carbocycles. The predicted molar refractivity (Wildman–Crippen MR) is 73.1 cm³/mol. The summed E-state index contributed by atoms with van der Waals surface area (Å²) in [6, 6.07) is 7.19. The summed E-state index contributed by atoms with van der Waals surface area (Å²) in [6.45, 7) is 0. The van der Waals surface area contributed by atoms with Crippen molar-refractivity contribution in [1.82, 2.24) is 4.98 Å². The molecule has 106 valence electrons. The first-order valence-corrected chi connectivity index (χ1v) is 5.50. The second kappa shape index (κ2) is 6.93. The van der Waals surface area contributed by atoms with Crippen molar-refractivity contribution in [1.29, 1.82) is 0 Å². The summed E-state index contributed by atoms with van der Waals surface area (Å²) < 4.78 is 37.7. The van der Waals surface area contributed by atoms with Gasteiger partial charge in [0.25, 0.3) is 0 Å². The maximum atomic E-state index is 12.6. The zero-order chi connectivity index (χ0) is 14.8. The number of alkyl halides is 3. The molecule has 1 aromatic carbocycles. The summed E-state index contributed by atoms with van der Waals surface area (Å²) >= 11 is 0. The standard InChI is InChI=1S/C13H9F3N2O2.Na.H/c14-13(15,16)8-3-1-4-9(7-8)18-11-10(12(19)20)5-2-6-17-11;;/h1-7H,(H,17,18)(H,19,20);;. The van der Waals surface area contributed by atoms with Crippen LogP contribution in [0.3, 0.4) is 0 Å². The molecule has 1 heterocycles. The van der Waals surface area contributed by atoms with Crippen LogP contribution in [0.2, 0.25) is 0 Å². The Morgan fingerprint density at radius 3 is 2.52 bits per heavy atom. The number of carboxylic acid groups (broad SMARTS) is 1. The van der Waals surface area contributed by atoms with E-state index in [1.807, 2.05) is 0 Å². The van der Waals surface area contributed by atoms with Gasteiger partial charge in [0, 0.05) is 11.9 Å². The maximum absolute atomic E-state index is 12.6. The van der Waals surface area contributed by atoms with Crippen molar-refractivity contribution < 1.29 is 23.1 Å². The number of nitrogens with zero attached hydrogens (tertiary/aromatic N) is 1. The Bertz CT molecular complexity index is 647. The van der Waals surface area contributed by atoms with Gasteiger partial charge in [0.1, 0.15) is 11.4 Å². The van der Waals surface area contributed by atoms with Crippen LogP contribution in [-0.4, -0.2) is 45.6 Å². The molecule has 0 aliphatic heterocycles. The van der Waals surface area contributed by atoms with Crippen molar-refractivity contribution in [2.75, 3.05) is 5.32 Å². The minimum absolute atomic E-state index is 0. The van der Waals surface area contributed by atoms with E-state index < -0.39 is 17.7 Å². The molecular formula is C13H10F3N2NaO2. The first-order valence-electron chi connectivity index (χ1n) is 5.50. The molecule has 4 nitrogen and oxygen atoms in total. The van der Waals surface area contributed by atoms with E-state index in [0.717, 1.165) is 12.1 Å². The molecule has 1 aromatic heterocycles. The molecule has 0 fully saturated rings. The number of carbonyl (C=O) groups is 1. The topological polar surface area (TPSA) is 62.2 Å². The Morgan fingerprint density at radius 1 is 1.19 bits per heavy atom. The Kier molecular flexibility index (Phi) is 5.77. The van der Waals surface area contributed by atoms with Crippen molar-refractivity contribution in [2.45, 2.75) is 6.18 Å². The fourth-order valence-corrected chi connectivity index (χ4v) is 1.59. The third-order valence-electron chi connectivity index (χ3n) is 2.49. The summed E-state index contributed by atoms with van der Waals surface area (Å²) in [6.07, 6.45) is -3.11. The van der Waals surface area contributed by atoms with Crippen molar-refractivity contribution >= 4 is 47.0 Å². The third kappa shape index (κ3) is 4.45. The van der Waals surface area contributed by atoms with Crippen molar-refractivity contribution in [3.8, 4) is 0 Å². The summed E-state index contributed by atoms with van der Waals surface area (Å²) in [4.78, 5) is 14.8. The van der Waals surface area contributed by atoms with E-state index in [-0.39, 0.29) is 46.6 Å². The van der Waals surface area contributed by atoms with Crippen molar-refractivity contribution in [3.63, 3.8) is 0 Å². The van der Waals surface area contributed by atoms with Crippen LogP contribution in [0.4, 0.5) is 24.7 Å². The molecule has 0 aliphatic rings. The second-order valence-electron chi connectivity index (χ2n) is 3.91. The Labute approximate surface area is 140 Å². The van der Waals surface area contributed by atoms with Crippen LogP contribution in [0, 0.1) is 0 Å². The number of aromatic carboxylic acids is 1. The van der Waals surface area contributed by atoms with Gasteiger partial charge in [-0.25, -0.2) is 9.78 Å². The first kappa shape index (κ1) is 17.5. The molecule has 21 heavy (non-hydrogen) atoms. The molecule has 0 saturated heterocycles. The van der Waals surface area contributed by atoms with Gasteiger partial charge in [-0.15, -0.1) is 0 Å². The molecule has 8 heteroatoms. The second-order valence-corrected chi connectivity index (χ2v) is 3.91. The molecule has 0 amide bonds. The zero-order valence-electron chi connectivity index (χ0n) is 9.98. The molecule has 0 bridgehead atoms. The third-order valence-corrected chi connectivity index (χ3v) is 2.49. The number of rotatable bonds is 3. The molecule has 0 spiro atoms. The minimum atomic E-state index is -4.46. The summed E-state index contributed by atoms with van der Waals surface area (Å²) in [5.74, 6) is -1.23. The van der Waals surface area contributed by atoms with Gasteiger partial charge in [0.2, 0.25) is 0 Å². The summed E-state index contributed by atoms with van der Waals surface area (Å²) in [5, 5.41) is 11.5. The predicted octanol–water partition coefficient (Wildman–Crippen LogP) is 2.89. The number of hydrogen-bond donors (Lipinski definition) is 2. The average molecular weight is 306 g/mol. The molecule has 2 N–H and O–H groups in total. The fraction of sp³-hybridized carbons (Fsp3) is 0.0769. The number of aromatic nitrogens is 1. The van der Waals surface area contributed by atoms with Crippen LogP contribution in [0.15, 0.2) is 42.6 Å². The van der Waals surface area contributed by atoms with E-state index >= 15 is 0 Å². The Balaban J connectivity index is 0.00000220. The molecule has 0 radical (unpaired) electrons. The van der Waals surface area contributed by atoms with Gasteiger partial charge in [0.05, 0.1) is 5.56 Å². The number of nitrogens with one attached hydrogen (secondary N) is 1. The molecular weight excluding hydrogens is 296 g/mol. The van der Waals surface area contributed by atoms with Crippen LogP contribution in [-0.2, 0) is 6.18 Å². The van der Waals surface area contributed by atoms with Gasteiger partial charge in [-0.05, 0) is 30.3 Å². The van der Waals surface area contributed by atoms with Crippen LogP contribution in [0.5, 0.6) is 0 Å². The zero-order valence-corrected chi connectivity index (χ0v) is 9.98. The van der Waals surface area contributed by atoms with E-state index in [4.69, 9.17) is 5.11 Å². The molecule has 0 unspecified atom stereocenters. The number of hydrogen-bond acceptors (Lipinski definition) is 3. The first-order chi connectivity index (χ1) is 9.38. The van der Waals surface area contributed by atoms with E-state index in [9.17, 15) is 18.0 Å². The van der Waals surface area contributed by atoms with E-state index in [2.05, 4.69) is 10.3 Å². The monoisotopic (exact) mass is 306 g/mol. The van der Waals surface area contributed by atoms with Crippen LogP contribution < -0.4 is 5.32 Å². The van der Waals surface area contributed by atoms with E-state index in [1.54, 1.807) is 0 Å². The molecule has 0 saturated carbocycles. The van der Waals surface area contributed by atoms with Gasteiger partial charge >= 0.3 is 41.7 Å². The van der Waals surface area contributed by atoms with E-state index in [0.29, 0.717) is 0 Å². The summed E-state index contributed by atoms with van der Waals surface area (Å²) in [7, 11) is 0. The van der Waals surface area contributed by atoms with Gasteiger partial charge in [-0.2, -0.15) is 13.2 Å². The van der Waals surface area contributed by atoms with Gasteiger partial charge in [-0.1, -0.05) is 6.07 Å². The molecule has 0 atom stereocenters. The molecule has 2 rings (SSSR count). The molecule has 2 aromatic rings. The van der Waals surface area contributed by atoms with Crippen molar-refractivity contribution in [2.24, 2.45) is 0 Å². The number of halogens is 3. The van der Waals surface area contributed by atoms with Crippen LogP contribution >= 0.6 is 0 Å². The Morgan fingerprint density at radius 2 is 1.90 bits per heavy atom. The number of anilines is 2. The normalized spacial score (nSPS) is 10.6. The fourth-order valence-electron chi connectivity index (χ4n) is 1.59. The number of carboxylic acids is 1.